The summed E-state index contributed by atoms with van der Waals surface area (Å²) in [6.45, 7) is 8.68. The van der Waals surface area contributed by atoms with Gasteiger partial charge >= 0.3 is 0 Å². The van der Waals surface area contributed by atoms with Gasteiger partial charge < -0.3 is 9.64 Å². The Labute approximate surface area is 167 Å². The molecule has 1 atom stereocenters. The highest BCUT2D eigenvalue weighted by atomic mass is 32.1. The lowest BCUT2D eigenvalue weighted by atomic mass is 10.1. The monoisotopic (exact) mass is 385 g/mol. The molecule has 0 spiro atoms. The zero-order chi connectivity index (χ0) is 18.5. The smallest absolute Gasteiger partial charge is 0.140 e. The van der Waals surface area contributed by atoms with Crippen molar-refractivity contribution in [2.75, 3.05) is 26.2 Å². The van der Waals surface area contributed by atoms with Gasteiger partial charge in [-0.25, -0.2) is 4.98 Å². The number of piperidine rings is 1. The molecule has 2 aromatic rings. The van der Waals surface area contributed by atoms with E-state index in [4.69, 9.17) is 9.72 Å². The predicted octanol–water partition coefficient (Wildman–Crippen LogP) is 4.48. The van der Waals surface area contributed by atoms with Crippen LogP contribution in [0.25, 0.3) is 0 Å². The van der Waals surface area contributed by atoms with Crippen LogP contribution >= 0.6 is 11.3 Å². The van der Waals surface area contributed by atoms with Crippen LogP contribution in [-0.2, 0) is 13.2 Å². The second-order valence-corrected chi connectivity index (χ2v) is 8.90. The minimum Gasteiger partial charge on any atom is -0.486 e. The number of thiazole rings is 1. The average molecular weight is 386 g/mol. The zero-order valence-corrected chi connectivity index (χ0v) is 17.2. The number of ether oxygens (including phenoxy) is 1. The highest BCUT2D eigenvalue weighted by Crippen LogP contribution is 2.23. The van der Waals surface area contributed by atoms with Gasteiger partial charge in [0.05, 0.1) is 5.69 Å². The third-order valence-electron chi connectivity index (χ3n) is 5.76. The molecule has 2 saturated heterocycles. The number of rotatable bonds is 7. The first kappa shape index (κ1) is 18.9. The average Bonchev–Trinajstić information content (AvgIpc) is 3.32. The molecule has 0 bridgehead atoms. The van der Waals surface area contributed by atoms with Crippen molar-refractivity contribution < 1.29 is 4.74 Å². The van der Waals surface area contributed by atoms with E-state index in [-0.39, 0.29) is 0 Å². The van der Waals surface area contributed by atoms with Gasteiger partial charge in [-0.05, 0) is 64.4 Å². The SMILES string of the molecule is Cc1ccc(OCc2nc(CN3CCCC3CN3CCCCC3)cs2)cc1. The Hall–Kier alpha value is -1.43. The molecule has 146 valence electrons. The normalized spacial score (nSPS) is 21.6. The van der Waals surface area contributed by atoms with Crippen LogP contribution in [0.2, 0.25) is 0 Å². The van der Waals surface area contributed by atoms with Crippen LogP contribution in [0.3, 0.4) is 0 Å². The molecule has 4 rings (SSSR count). The lowest BCUT2D eigenvalue weighted by molar-refractivity contribution is 0.148. The molecule has 4 nitrogen and oxygen atoms in total. The molecule has 1 aromatic heterocycles. The van der Waals surface area contributed by atoms with Crippen LogP contribution in [0.5, 0.6) is 5.75 Å². The number of benzene rings is 1. The van der Waals surface area contributed by atoms with E-state index in [0.717, 1.165) is 17.3 Å². The van der Waals surface area contributed by atoms with Crippen LogP contribution in [0.15, 0.2) is 29.6 Å². The van der Waals surface area contributed by atoms with Gasteiger partial charge in [-0.15, -0.1) is 11.3 Å². The summed E-state index contributed by atoms with van der Waals surface area (Å²) in [6, 6.07) is 8.92. The molecule has 3 heterocycles. The Bertz CT molecular complexity index is 709. The van der Waals surface area contributed by atoms with Crippen molar-refractivity contribution >= 4 is 11.3 Å². The minimum atomic E-state index is 0.560. The fourth-order valence-corrected chi connectivity index (χ4v) is 4.92. The molecule has 1 unspecified atom stereocenters. The Kier molecular flexibility index (Phi) is 6.43. The molecule has 0 aliphatic carbocycles. The maximum atomic E-state index is 5.88. The quantitative estimate of drug-likeness (QED) is 0.702. The molecule has 0 saturated carbocycles. The summed E-state index contributed by atoms with van der Waals surface area (Å²) in [4.78, 5) is 10.1. The van der Waals surface area contributed by atoms with Crippen molar-refractivity contribution in [1.29, 1.82) is 0 Å². The number of aromatic nitrogens is 1. The lowest BCUT2D eigenvalue weighted by Gasteiger charge is -2.32. The number of nitrogens with zero attached hydrogens (tertiary/aromatic N) is 3. The Morgan fingerprint density at radius 2 is 1.89 bits per heavy atom. The van der Waals surface area contributed by atoms with E-state index in [1.54, 1.807) is 11.3 Å². The molecule has 2 aliphatic heterocycles. The van der Waals surface area contributed by atoms with Crippen molar-refractivity contribution in [2.24, 2.45) is 0 Å². The summed E-state index contributed by atoms with van der Waals surface area (Å²) >= 11 is 1.72. The van der Waals surface area contributed by atoms with E-state index in [9.17, 15) is 0 Å². The molecule has 1 aromatic carbocycles. The van der Waals surface area contributed by atoms with E-state index in [1.165, 1.54) is 69.5 Å². The van der Waals surface area contributed by atoms with Gasteiger partial charge in [0.15, 0.2) is 0 Å². The largest absolute Gasteiger partial charge is 0.486 e. The first-order valence-electron chi connectivity index (χ1n) is 10.4. The van der Waals surface area contributed by atoms with Gasteiger partial charge in [-0.3, -0.25) is 4.90 Å². The van der Waals surface area contributed by atoms with Crippen LogP contribution in [-0.4, -0.2) is 47.0 Å². The summed E-state index contributed by atoms with van der Waals surface area (Å²) in [6.07, 6.45) is 6.83. The molecule has 0 amide bonds. The van der Waals surface area contributed by atoms with Crippen molar-refractivity contribution in [3.63, 3.8) is 0 Å². The number of hydrogen-bond donors (Lipinski definition) is 0. The minimum absolute atomic E-state index is 0.560. The summed E-state index contributed by atoms with van der Waals surface area (Å²) in [7, 11) is 0. The van der Waals surface area contributed by atoms with E-state index in [1.807, 2.05) is 12.1 Å². The zero-order valence-electron chi connectivity index (χ0n) is 16.4. The van der Waals surface area contributed by atoms with E-state index in [2.05, 4.69) is 34.2 Å². The van der Waals surface area contributed by atoms with Gasteiger partial charge in [0, 0.05) is 24.5 Å². The van der Waals surface area contributed by atoms with E-state index in [0.29, 0.717) is 12.6 Å². The topological polar surface area (TPSA) is 28.6 Å². The fourth-order valence-electron chi connectivity index (χ4n) is 4.23. The van der Waals surface area contributed by atoms with Gasteiger partial charge in [-0.1, -0.05) is 24.1 Å². The number of hydrogen-bond acceptors (Lipinski definition) is 5. The van der Waals surface area contributed by atoms with Crippen LogP contribution < -0.4 is 4.74 Å². The van der Waals surface area contributed by atoms with Gasteiger partial charge in [0.2, 0.25) is 0 Å². The van der Waals surface area contributed by atoms with Gasteiger partial charge in [-0.2, -0.15) is 0 Å². The molecule has 0 N–H and O–H groups in total. The van der Waals surface area contributed by atoms with Crippen LogP contribution in [0, 0.1) is 6.92 Å². The summed E-state index contributed by atoms with van der Waals surface area (Å²) in [5.74, 6) is 0.915. The van der Waals surface area contributed by atoms with E-state index < -0.39 is 0 Å². The first-order chi connectivity index (χ1) is 13.3. The molecule has 5 heteroatoms. The summed E-state index contributed by atoms with van der Waals surface area (Å²) < 4.78 is 5.88. The van der Waals surface area contributed by atoms with Crippen molar-refractivity contribution in [1.82, 2.24) is 14.8 Å². The van der Waals surface area contributed by atoms with Crippen LogP contribution in [0.4, 0.5) is 0 Å². The summed E-state index contributed by atoms with van der Waals surface area (Å²) in [5, 5.41) is 3.28. The molecule has 0 radical (unpaired) electrons. The second-order valence-electron chi connectivity index (χ2n) is 7.96. The van der Waals surface area contributed by atoms with Crippen molar-refractivity contribution in [3.05, 3.63) is 45.9 Å². The summed E-state index contributed by atoms with van der Waals surface area (Å²) in [5.41, 5.74) is 2.46. The highest BCUT2D eigenvalue weighted by Gasteiger charge is 2.27. The second kappa shape index (κ2) is 9.18. The Balaban J connectivity index is 1.28. The van der Waals surface area contributed by atoms with E-state index >= 15 is 0 Å². The number of aryl methyl sites for hydroxylation is 1. The molecular formula is C22H31N3OS. The first-order valence-corrected chi connectivity index (χ1v) is 11.2. The van der Waals surface area contributed by atoms with Gasteiger partial charge in [0.25, 0.3) is 0 Å². The highest BCUT2D eigenvalue weighted by molar-refractivity contribution is 7.09. The van der Waals surface area contributed by atoms with Gasteiger partial charge in [0.1, 0.15) is 17.4 Å². The molecular weight excluding hydrogens is 354 g/mol. The Morgan fingerprint density at radius 3 is 2.70 bits per heavy atom. The predicted molar refractivity (Wildman–Crippen MR) is 111 cm³/mol. The van der Waals surface area contributed by atoms with Crippen LogP contribution in [0.1, 0.15) is 48.4 Å². The van der Waals surface area contributed by atoms with Crippen molar-refractivity contribution in [2.45, 2.75) is 58.2 Å². The maximum absolute atomic E-state index is 5.88. The lowest BCUT2D eigenvalue weighted by Crippen LogP contribution is -2.42. The molecule has 2 fully saturated rings. The Morgan fingerprint density at radius 1 is 1.07 bits per heavy atom. The number of likely N-dealkylation sites (tertiary alicyclic amines) is 2. The third-order valence-corrected chi connectivity index (χ3v) is 6.64. The fraction of sp³-hybridized carbons (Fsp3) is 0.591. The molecule has 27 heavy (non-hydrogen) atoms. The standard InChI is InChI=1S/C22H31N3OS/c1-18-7-9-21(10-8-18)26-16-22-23-19(17-27-22)14-25-13-5-6-20(25)15-24-11-3-2-4-12-24/h7-10,17,20H,2-6,11-16H2,1H3. The third kappa shape index (κ3) is 5.31. The molecule has 2 aliphatic rings. The van der Waals surface area contributed by atoms with Crippen molar-refractivity contribution in [3.8, 4) is 5.75 Å². The maximum Gasteiger partial charge on any atom is 0.140 e.